The summed E-state index contributed by atoms with van der Waals surface area (Å²) in [6.45, 7) is 0. The summed E-state index contributed by atoms with van der Waals surface area (Å²) in [5.74, 6) is 0. The Kier molecular flexibility index (Phi) is 3.99. The number of hydrogen-bond acceptors (Lipinski definition) is 3. The van der Waals surface area contributed by atoms with Crippen LogP contribution in [-0.4, -0.2) is 12.6 Å². The molecule has 15 heavy (non-hydrogen) atoms. The van der Waals surface area contributed by atoms with Gasteiger partial charge >= 0.3 is 0 Å². The Morgan fingerprint density at radius 1 is 1.20 bits per heavy atom. The highest BCUT2D eigenvalue weighted by Gasteiger charge is 2.03. The van der Waals surface area contributed by atoms with Crippen molar-refractivity contribution in [1.29, 1.82) is 5.26 Å². The Balaban J connectivity index is 3.17. The van der Waals surface area contributed by atoms with Gasteiger partial charge in [-0.3, -0.25) is 9.59 Å². The highest BCUT2D eigenvalue weighted by Crippen LogP contribution is 2.14. The molecular weight excluding hydrogens is 190 g/mol. The van der Waals surface area contributed by atoms with Crippen molar-refractivity contribution in [2.75, 3.05) is 0 Å². The van der Waals surface area contributed by atoms with Gasteiger partial charge in [-0.15, -0.1) is 0 Å². The van der Waals surface area contributed by atoms with Gasteiger partial charge in [-0.05, 0) is 5.56 Å². The first kappa shape index (κ1) is 10.9. The van der Waals surface area contributed by atoms with Crippen molar-refractivity contribution in [3.63, 3.8) is 0 Å². The van der Waals surface area contributed by atoms with Crippen molar-refractivity contribution in [3.8, 4) is 6.07 Å². The van der Waals surface area contributed by atoms with Crippen LogP contribution in [0.4, 0.5) is 0 Å². The average molecular weight is 199 g/mol. The van der Waals surface area contributed by atoms with Gasteiger partial charge in [0.15, 0.2) is 12.6 Å². The van der Waals surface area contributed by atoms with E-state index < -0.39 is 0 Å². The molecule has 0 aliphatic heterocycles. The van der Waals surface area contributed by atoms with E-state index in [1.54, 1.807) is 30.4 Å². The molecule has 0 aliphatic rings. The molecule has 0 aromatic heterocycles. The van der Waals surface area contributed by atoms with Crippen LogP contribution in [0.5, 0.6) is 0 Å². The van der Waals surface area contributed by atoms with Crippen LogP contribution in [0.2, 0.25) is 0 Å². The van der Waals surface area contributed by atoms with Crippen molar-refractivity contribution in [2.45, 2.75) is 6.42 Å². The lowest BCUT2D eigenvalue weighted by Crippen LogP contribution is -1.92. The van der Waals surface area contributed by atoms with E-state index in [9.17, 15) is 9.59 Å². The Morgan fingerprint density at radius 3 is 2.27 bits per heavy atom. The molecule has 0 unspecified atom stereocenters. The first-order valence-corrected chi connectivity index (χ1v) is 4.40. The topological polar surface area (TPSA) is 57.9 Å². The molecule has 0 heterocycles. The summed E-state index contributed by atoms with van der Waals surface area (Å²) >= 11 is 0. The normalized spacial score (nSPS) is 9.80. The number of allylic oxidation sites excluding steroid dienone is 1. The average Bonchev–Trinajstić information content (AvgIpc) is 2.29. The Bertz CT molecular complexity index is 415. The molecule has 1 aromatic rings. The molecular formula is C12H9NO2. The fourth-order valence-electron chi connectivity index (χ4n) is 1.23. The fourth-order valence-corrected chi connectivity index (χ4v) is 1.23. The first-order valence-electron chi connectivity index (χ1n) is 4.40. The smallest absolute Gasteiger partial charge is 0.150 e. The number of carbonyl (C=O) groups excluding carboxylic acids is 2. The lowest BCUT2D eigenvalue weighted by atomic mass is 10.0. The lowest BCUT2D eigenvalue weighted by molar-refractivity contribution is 0.112. The minimum atomic E-state index is 0.255. The molecule has 0 aliphatic carbocycles. The molecule has 1 aromatic carbocycles. The SMILES string of the molecule is N#CCC=Cc1c(C=O)cccc1C=O. The van der Waals surface area contributed by atoms with Gasteiger partial charge in [0, 0.05) is 11.1 Å². The summed E-state index contributed by atoms with van der Waals surface area (Å²) < 4.78 is 0. The molecule has 0 spiro atoms. The maximum absolute atomic E-state index is 10.7. The standard InChI is InChI=1S/C12H9NO2/c13-7-2-1-6-12-10(8-14)4-3-5-11(12)9-15/h1,3-6,8-9H,2H2. The molecule has 0 saturated heterocycles. The van der Waals surface area contributed by atoms with Gasteiger partial charge in [0.2, 0.25) is 0 Å². The van der Waals surface area contributed by atoms with Crippen molar-refractivity contribution in [2.24, 2.45) is 0 Å². The second-order valence-corrected chi connectivity index (χ2v) is 2.85. The molecule has 3 nitrogen and oxygen atoms in total. The molecule has 0 radical (unpaired) electrons. The summed E-state index contributed by atoms with van der Waals surface area (Å²) in [7, 11) is 0. The third-order valence-electron chi connectivity index (χ3n) is 1.92. The molecule has 74 valence electrons. The fraction of sp³-hybridized carbons (Fsp3) is 0.0833. The van der Waals surface area contributed by atoms with E-state index in [1.165, 1.54) is 0 Å². The Morgan fingerprint density at radius 2 is 1.80 bits per heavy atom. The molecule has 0 atom stereocenters. The summed E-state index contributed by atoms with van der Waals surface area (Å²) in [5.41, 5.74) is 1.47. The quantitative estimate of drug-likeness (QED) is 0.698. The van der Waals surface area contributed by atoms with Gasteiger partial charge in [-0.1, -0.05) is 30.4 Å². The highest BCUT2D eigenvalue weighted by molar-refractivity contribution is 5.90. The van der Waals surface area contributed by atoms with Crippen LogP contribution >= 0.6 is 0 Å². The van der Waals surface area contributed by atoms with Gasteiger partial charge in [0.25, 0.3) is 0 Å². The molecule has 0 fully saturated rings. The van der Waals surface area contributed by atoms with Gasteiger partial charge < -0.3 is 0 Å². The first-order chi connectivity index (χ1) is 7.33. The molecule has 1 rings (SSSR count). The summed E-state index contributed by atoms with van der Waals surface area (Å²) in [4.78, 5) is 21.4. The maximum Gasteiger partial charge on any atom is 0.150 e. The van der Waals surface area contributed by atoms with Crippen molar-refractivity contribution in [3.05, 3.63) is 41.0 Å². The van der Waals surface area contributed by atoms with Gasteiger partial charge in [-0.2, -0.15) is 5.26 Å². The highest BCUT2D eigenvalue weighted by atomic mass is 16.1. The second kappa shape index (κ2) is 5.51. The van der Waals surface area contributed by atoms with Crippen LogP contribution < -0.4 is 0 Å². The summed E-state index contributed by atoms with van der Waals surface area (Å²) in [6.07, 6.45) is 4.88. The van der Waals surface area contributed by atoms with Crippen LogP contribution in [0.25, 0.3) is 6.08 Å². The van der Waals surface area contributed by atoms with Gasteiger partial charge in [0.1, 0.15) is 0 Å². The van der Waals surface area contributed by atoms with Crippen LogP contribution in [0, 0.1) is 11.3 Å². The van der Waals surface area contributed by atoms with Crippen LogP contribution in [0.15, 0.2) is 24.3 Å². The molecule has 0 N–H and O–H groups in total. The molecule has 0 bridgehead atoms. The van der Waals surface area contributed by atoms with E-state index in [2.05, 4.69) is 0 Å². The largest absolute Gasteiger partial charge is 0.298 e. The zero-order valence-corrected chi connectivity index (χ0v) is 8.01. The minimum Gasteiger partial charge on any atom is -0.298 e. The number of rotatable bonds is 4. The second-order valence-electron chi connectivity index (χ2n) is 2.85. The van der Waals surface area contributed by atoms with Crippen LogP contribution in [0.1, 0.15) is 32.7 Å². The number of carbonyl (C=O) groups is 2. The number of nitriles is 1. The third kappa shape index (κ3) is 2.61. The Labute approximate surface area is 87.6 Å². The van der Waals surface area contributed by atoms with Gasteiger partial charge in [0.05, 0.1) is 12.5 Å². The maximum atomic E-state index is 10.7. The lowest BCUT2D eigenvalue weighted by Gasteiger charge is -2.01. The zero-order chi connectivity index (χ0) is 11.1. The van der Waals surface area contributed by atoms with Crippen LogP contribution in [-0.2, 0) is 0 Å². The number of aldehydes is 2. The van der Waals surface area contributed by atoms with Crippen molar-refractivity contribution in [1.82, 2.24) is 0 Å². The molecule has 3 heteroatoms. The van der Waals surface area contributed by atoms with E-state index in [1.807, 2.05) is 6.07 Å². The number of benzene rings is 1. The molecule has 0 saturated carbocycles. The monoisotopic (exact) mass is 199 g/mol. The van der Waals surface area contributed by atoms with E-state index in [0.717, 1.165) is 0 Å². The third-order valence-corrected chi connectivity index (χ3v) is 1.92. The zero-order valence-electron chi connectivity index (χ0n) is 8.01. The van der Waals surface area contributed by atoms with Crippen LogP contribution in [0.3, 0.4) is 0 Å². The molecule has 0 amide bonds. The van der Waals surface area contributed by atoms with Gasteiger partial charge in [-0.25, -0.2) is 0 Å². The van der Waals surface area contributed by atoms with E-state index in [4.69, 9.17) is 5.26 Å². The summed E-state index contributed by atoms with van der Waals surface area (Å²) in [5, 5.41) is 8.36. The summed E-state index contributed by atoms with van der Waals surface area (Å²) in [6, 6.07) is 6.86. The van der Waals surface area contributed by atoms with E-state index >= 15 is 0 Å². The predicted molar refractivity (Wildman–Crippen MR) is 56.5 cm³/mol. The number of nitrogens with zero attached hydrogens (tertiary/aromatic N) is 1. The van der Waals surface area contributed by atoms with E-state index in [0.29, 0.717) is 29.3 Å². The van der Waals surface area contributed by atoms with Crippen molar-refractivity contribution >= 4 is 18.6 Å². The predicted octanol–water partition coefficient (Wildman–Crippen LogP) is 2.24. The van der Waals surface area contributed by atoms with Crippen molar-refractivity contribution < 1.29 is 9.59 Å². The Hall–Kier alpha value is -2.21. The van der Waals surface area contributed by atoms with E-state index in [-0.39, 0.29) is 6.42 Å². The minimum absolute atomic E-state index is 0.255. The number of hydrogen-bond donors (Lipinski definition) is 0.